The molecule has 1 aliphatic carbocycles. The lowest BCUT2D eigenvalue weighted by molar-refractivity contribution is -0.323. The van der Waals surface area contributed by atoms with Crippen LogP contribution in [0.2, 0.25) is 0 Å². The fourth-order valence-corrected chi connectivity index (χ4v) is 3.12. The molecular weight excluding hydrogens is 273 g/mol. The highest BCUT2D eigenvalue weighted by atomic mass is 19.1. The second-order valence-electron chi connectivity index (χ2n) is 6.43. The van der Waals surface area contributed by atoms with Crippen LogP contribution in [0.1, 0.15) is 33.6 Å². The Hall–Kier alpha value is -1.91. The van der Waals surface area contributed by atoms with E-state index in [1.807, 2.05) is 0 Å². The number of carboxylic acid groups (broad SMARTS) is 1. The van der Waals surface area contributed by atoms with Gasteiger partial charge in [-0.2, -0.15) is 0 Å². The van der Waals surface area contributed by atoms with Gasteiger partial charge < -0.3 is 15.2 Å². The number of anilines is 1. The zero-order chi connectivity index (χ0) is 15.8. The Morgan fingerprint density at radius 1 is 1.33 bits per heavy atom. The normalized spacial score (nSPS) is 27.3. The van der Waals surface area contributed by atoms with Gasteiger partial charge in [-0.15, -0.1) is 0 Å². The van der Waals surface area contributed by atoms with Crippen molar-refractivity contribution in [2.24, 2.45) is 16.7 Å². The Morgan fingerprint density at radius 2 is 2.00 bits per heavy atom. The molecule has 21 heavy (non-hydrogen) atoms. The summed E-state index contributed by atoms with van der Waals surface area (Å²) in [5.41, 5.74) is -1.40. The largest absolute Gasteiger partial charge is 0.550 e. The van der Waals surface area contributed by atoms with Gasteiger partial charge in [0.2, 0.25) is 5.91 Å². The number of amides is 1. The minimum atomic E-state index is -1.13. The van der Waals surface area contributed by atoms with Gasteiger partial charge in [-0.05, 0) is 36.5 Å². The van der Waals surface area contributed by atoms with Crippen molar-refractivity contribution in [2.75, 3.05) is 5.32 Å². The fourth-order valence-electron chi connectivity index (χ4n) is 3.12. The molecule has 1 aromatic rings. The van der Waals surface area contributed by atoms with Gasteiger partial charge in [-0.3, -0.25) is 4.79 Å². The number of aliphatic carboxylic acids is 1. The Bertz CT molecular complexity index is 585. The van der Waals surface area contributed by atoms with E-state index in [4.69, 9.17) is 0 Å². The average Bonchev–Trinajstić information content (AvgIpc) is 2.61. The number of hydrogen-bond acceptors (Lipinski definition) is 3. The van der Waals surface area contributed by atoms with E-state index in [-0.39, 0.29) is 5.91 Å². The van der Waals surface area contributed by atoms with E-state index in [1.165, 1.54) is 18.2 Å². The second-order valence-corrected chi connectivity index (χ2v) is 6.43. The molecule has 0 heterocycles. The van der Waals surface area contributed by atoms with Crippen LogP contribution in [-0.2, 0) is 9.59 Å². The molecule has 1 amide bonds. The lowest BCUT2D eigenvalue weighted by Gasteiger charge is -2.41. The molecule has 0 aromatic heterocycles. The van der Waals surface area contributed by atoms with Crippen molar-refractivity contribution in [1.29, 1.82) is 0 Å². The standard InChI is InChI=1S/C16H20FNO3/c1-15(2)12(7-8-16(15,3)14(20)21)13(19)18-11-6-4-5-10(17)9-11/h4-6,9,12H,7-8H2,1-3H3,(H,18,19)(H,20,21)/p-1/t12-,16-/m0/s1. The molecule has 1 fully saturated rings. The van der Waals surface area contributed by atoms with Crippen LogP contribution in [-0.4, -0.2) is 11.9 Å². The number of benzene rings is 1. The third-order valence-electron chi connectivity index (χ3n) is 5.09. The van der Waals surface area contributed by atoms with Crippen LogP contribution in [0.5, 0.6) is 0 Å². The van der Waals surface area contributed by atoms with Crippen molar-refractivity contribution in [3.8, 4) is 0 Å². The zero-order valence-corrected chi connectivity index (χ0v) is 12.4. The van der Waals surface area contributed by atoms with E-state index in [0.717, 1.165) is 0 Å². The summed E-state index contributed by atoms with van der Waals surface area (Å²) in [4.78, 5) is 23.8. The number of halogens is 1. The Balaban J connectivity index is 2.19. The van der Waals surface area contributed by atoms with Crippen molar-refractivity contribution < 1.29 is 19.1 Å². The van der Waals surface area contributed by atoms with Crippen LogP contribution in [0.25, 0.3) is 0 Å². The Morgan fingerprint density at radius 3 is 2.52 bits per heavy atom. The van der Waals surface area contributed by atoms with Gasteiger partial charge in [0.1, 0.15) is 5.82 Å². The van der Waals surface area contributed by atoms with Gasteiger partial charge in [-0.1, -0.05) is 26.8 Å². The SMILES string of the molecule is CC1(C)[C@H](C(=O)Nc2cccc(F)c2)CC[C@@]1(C)C(=O)[O-]. The van der Waals surface area contributed by atoms with E-state index < -0.39 is 28.5 Å². The summed E-state index contributed by atoms with van der Waals surface area (Å²) in [6.07, 6.45) is 0.863. The Kier molecular flexibility index (Phi) is 3.78. The van der Waals surface area contributed by atoms with Gasteiger partial charge in [0, 0.05) is 23.0 Å². The first kappa shape index (κ1) is 15.5. The average molecular weight is 292 g/mol. The zero-order valence-electron chi connectivity index (χ0n) is 12.4. The molecule has 2 atom stereocenters. The van der Waals surface area contributed by atoms with Gasteiger partial charge in [0.15, 0.2) is 0 Å². The molecule has 0 spiro atoms. The maximum absolute atomic E-state index is 13.1. The minimum absolute atomic E-state index is 0.282. The van der Waals surface area contributed by atoms with Gasteiger partial charge in [0.05, 0.1) is 0 Å². The van der Waals surface area contributed by atoms with Gasteiger partial charge in [0.25, 0.3) is 0 Å². The third kappa shape index (κ3) is 2.52. The number of nitrogens with one attached hydrogen (secondary N) is 1. The predicted octanol–water partition coefficient (Wildman–Crippen LogP) is 1.96. The number of carboxylic acids is 1. The summed E-state index contributed by atoms with van der Waals surface area (Å²) in [7, 11) is 0. The molecule has 114 valence electrons. The molecule has 0 radical (unpaired) electrons. The molecule has 0 unspecified atom stereocenters. The van der Waals surface area contributed by atoms with Crippen molar-refractivity contribution in [2.45, 2.75) is 33.6 Å². The molecule has 0 aliphatic heterocycles. The molecule has 1 saturated carbocycles. The lowest BCUT2D eigenvalue weighted by Crippen LogP contribution is -2.49. The van der Waals surface area contributed by atoms with E-state index in [2.05, 4.69) is 5.32 Å². The van der Waals surface area contributed by atoms with Crippen molar-refractivity contribution >= 4 is 17.6 Å². The molecule has 0 bridgehead atoms. The summed E-state index contributed by atoms with van der Waals surface area (Å²) in [5, 5.41) is 14.1. The molecule has 4 nitrogen and oxygen atoms in total. The first-order valence-electron chi connectivity index (χ1n) is 6.96. The predicted molar refractivity (Wildman–Crippen MR) is 74.6 cm³/mol. The summed E-state index contributed by atoms with van der Waals surface area (Å²) in [6.45, 7) is 5.16. The first-order chi connectivity index (χ1) is 9.68. The van der Waals surface area contributed by atoms with Crippen LogP contribution < -0.4 is 10.4 Å². The quantitative estimate of drug-likeness (QED) is 0.926. The number of hydrogen-bond donors (Lipinski definition) is 1. The number of rotatable bonds is 3. The molecule has 5 heteroatoms. The topological polar surface area (TPSA) is 69.2 Å². The van der Waals surface area contributed by atoms with Crippen LogP contribution >= 0.6 is 0 Å². The molecule has 1 aromatic carbocycles. The van der Waals surface area contributed by atoms with Crippen LogP contribution in [0.4, 0.5) is 10.1 Å². The molecule has 1 aliphatic rings. The highest BCUT2D eigenvalue weighted by Crippen LogP contribution is 2.55. The fraction of sp³-hybridized carbons (Fsp3) is 0.500. The summed E-state index contributed by atoms with van der Waals surface area (Å²) in [6, 6.07) is 5.64. The molecule has 1 N–H and O–H groups in total. The monoisotopic (exact) mass is 292 g/mol. The summed E-state index contributed by atoms with van der Waals surface area (Å²) < 4.78 is 13.1. The van der Waals surface area contributed by atoms with Crippen LogP contribution in [0, 0.1) is 22.6 Å². The van der Waals surface area contributed by atoms with Crippen molar-refractivity contribution in [1.82, 2.24) is 0 Å². The maximum Gasteiger partial charge on any atom is 0.228 e. The minimum Gasteiger partial charge on any atom is -0.550 e. The summed E-state index contributed by atoms with van der Waals surface area (Å²) in [5.74, 6) is -2.30. The maximum atomic E-state index is 13.1. The highest BCUT2D eigenvalue weighted by molar-refractivity contribution is 5.94. The lowest BCUT2D eigenvalue weighted by atomic mass is 9.65. The van der Waals surface area contributed by atoms with Crippen LogP contribution in [0.3, 0.4) is 0 Å². The van der Waals surface area contributed by atoms with Crippen LogP contribution in [0.15, 0.2) is 24.3 Å². The third-order valence-corrected chi connectivity index (χ3v) is 5.09. The molecular formula is C16H19FNO3-. The van der Waals surface area contributed by atoms with Crippen molar-refractivity contribution in [3.05, 3.63) is 30.1 Å². The van der Waals surface area contributed by atoms with E-state index in [0.29, 0.717) is 18.5 Å². The van der Waals surface area contributed by atoms with Gasteiger partial charge >= 0.3 is 0 Å². The molecule has 0 saturated heterocycles. The van der Waals surface area contributed by atoms with Gasteiger partial charge in [-0.25, -0.2) is 4.39 Å². The first-order valence-corrected chi connectivity index (χ1v) is 6.96. The Labute approximate surface area is 123 Å². The highest BCUT2D eigenvalue weighted by Gasteiger charge is 2.54. The van der Waals surface area contributed by atoms with E-state index in [9.17, 15) is 19.1 Å². The number of carbonyl (C=O) groups excluding carboxylic acids is 2. The van der Waals surface area contributed by atoms with Crippen molar-refractivity contribution in [3.63, 3.8) is 0 Å². The summed E-state index contributed by atoms with van der Waals surface area (Å²) >= 11 is 0. The number of carbonyl (C=O) groups is 2. The second kappa shape index (κ2) is 5.13. The van der Waals surface area contributed by atoms with E-state index >= 15 is 0 Å². The molecule has 2 rings (SSSR count). The van der Waals surface area contributed by atoms with E-state index in [1.54, 1.807) is 26.8 Å². The smallest absolute Gasteiger partial charge is 0.228 e.